The largest absolute Gasteiger partial charge is 0.480 e. The molecule has 40 heavy (non-hydrogen) atoms. The summed E-state index contributed by atoms with van der Waals surface area (Å²) >= 11 is 6.34. The van der Waals surface area contributed by atoms with E-state index in [1.54, 1.807) is 42.5 Å². The first-order valence-corrected chi connectivity index (χ1v) is 12.9. The van der Waals surface area contributed by atoms with E-state index < -0.39 is 24.3 Å². The minimum Gasteiger partial charge on any atom is -0.480 e. The van der Waals surface area contributed by atoms with Crippen LogP contribution in [0, 0.1) is 23.1 Å². The third-order valence-corrected chi connectivity index (χ3v) is 7.29. The SMILES string of the molecule is N#Cc1ccc(N2N=C3c4ccc(C(=O)NCC(=O)NCC(=O)O)cc4CC[C@H]3[C@@H]2c2ccc(F)cc2)cc1Cl. The second kappa shape index (κ2) is 11.2. The molecule has 9 nitrogen and oxygen atoms in total. The predicted octanol–water partition coefficient (Wildman–Crippen LogP) is 3.81. The molecule has 3 aromatic carbocycles. The number of halogens is 2. The van der Waals surface area contributed by atoms with Crippen LogP contribution in [0.3, 0.4) is 0 Å². The molecule has 0 saturated carbocycles. The summed E-state index contributed by atoms with van der Waals surface area (Å²) in [6.07, 6.45) is 1.38. The summed E-state index contributed by atoms with van der Waals surface area (Å²) in [5.41, 5.74) is 4.94. The van der Waals surface area contributed by atoms with Gasteiger partial charge in [-0.1, -0.05) is 29.8 Å². The van der Waals surface area contributed by atoms with Crippen molar-refractivity contribution in [2.45, 2.75) is 18.9 Å². The first kappa shape index (κ1) is 26.8. The fraction of sp³-hybridized carbons (Fsp3) is 0.207. The van der Waals surface area contributed by atoms with Crippen LogP contribution in [0.1, 0.15) is 45.1 Å². The molecule has 3 N–H and O–H groups in total. The lowest BCUT2D eigenvalue weighted by atomic mass is 9.77. The second-order valence-corrected chi connectivity index (χ2v) is 9.88. The Labute approximate surface area is 233 Å². The molecule has 0 bridgehead atoms. The predicted molar refractivity (Wildman–Crippen MR) is 146 cm³/mol. The molecule has 0 aromatic heterocycles. The molecule has 2 atom stereocenters. The van der Waals surface area contributed by atoms with Crippen molar-refractivity contribution in [2.24, 2.45) is 11.0 Å². The molecule has 1 aliphatic heterocycles. The number of nitrogens with one attached hydrogen (secondary N) is 2. The van der Waals surface area contributed by atoms with Gasteiger partial charge in [-0.2, -0.15) is 10.4 Å². The van der Waals surface area contributed by atoms with E-state index >= 15 is 0 Å². The molecule has 1 heterocycles. The molecular formula is C29H23ClFN5O4. The number of hydrogen-bond acceptors (Lipinski definition) is 6. The lowest BCUT2D eigenvalue weighted by Crippen LogP contribution is -2.39. The Kier molecular flexibility index (Phi) is 7.49. The lowest BCUT2D eigenvalue weighted by molar-refractivity contribution is -0.137. The Morgan fingerprint density at radius 1 is 1.07 bits per heavy atom. The number of hydrazone groups is 1. The summed E-state index contributed by atoms with van der Waals surface area (Å²) in [6.45, 7) is -0.874. The van der Waals surface area contributed by atoms with Gasteiger partial charge in [-0.05, 0) is 66.4 Å². The maximum atomic E-state index is 13.8. The number of amides is 2. The number of anilines is 1. The van der Waals surface area contributed by atoms with Crippen molar-refractivity contribution in [1.29, 1.82) is 5.26 Å². The van der Waals surface area contributed by atoms with Gasteiger partial charge in [0.2, 0.25) is 5.91 Å². The van der Waals surface area contributed by atoms with E-state index in [-0.39, 0.29) is 24.3 Å². The molecule has 2 amide bonds. The standard InChI is InChI=1S/C29H23ClFN5O4/c30-24-12-21(8-3-19(24)13-32)36-28(16-1-6-20(31)7-2-16)23-10-4-17-11-18(5-9-22(17)27(23)35-36)29(40)34-14-25(37)33-15-26(38)39/h1-3,5-9,11-12,23,28H,4,10,14-15H2,(H,33,37)(H,34,40)(H,38,39)/t23-,28+/m1/s1. The Morgan fingerprint density at radius 2 is 1.85 bits per heavy atom. The zero-order valence-corrected chi connectivity index (χ0v) is 21.8. The van der Waals surface area contributed by atoms with Gasteiger partial charge in [-0.25, -0.2) is 4.39 Å². The van der Waals surface area contributed by atoms with Gasteiger partial charge in [0.1, 0.15) is 18.4 Å². The van der Waals surface area contributed by atoms with Crippen LogP contribution in [0.5, 0.6) is 0 Å². The molecule has 11 heteroatoms. The number of nitriles is 1. The van der Waals surface area contributed by atoms with Crippen LogP contribution in [-0.2, 0) is 16.0 Å². The summed E-state index contributed by atoms with van der Waals surface area (Å²) in [5, 5.41) is 29.8. The topological polar surface area (TPSA) is 135 Å². The number of aliphatic carboxylic acids is 1. The second-order valence-electron chi connectivity index (χ2n) is 9.47. The third kappa shape index (κ3) is 5.37. The molecule has 3 aromatic rings. The summed E-state index contributed by atoms with van der Waals surface area (Å²) in [4.78, 5) is 35.0. The van der Waals surface area contributed by atoms with Crippen LogP contribution in [0.4, 0.5) is 10.1 Å². The molecular weight excluding hydrogens is 537 g/mol. The Morgan fingerprint density at radius 3 is 2.55 bits per heavy atom. The van der Waals surface area contributed by atoms with E-state index in [1.165, 1.54) is 12.1 Å². The molecule has 1 aliphatic carbocycles. The minimum atomic E-state index is -1.18. The number of aryl methyl sites for hydroxylation is 1. The number of carboxylic acids is 1. The smallest absolute Gasteiger partial charge is 0.322 e. The van der Waals surface area contributed by atoms with Gasteiger partial charge >= 0.3 is 5.97 Å². The van der Waals surface area contributed by atoms with Gasteiger partial charge in [-0.3, -0.25) is 19.4 Å². The molecule has 0 radical (unpaired) electrons. The monoisotopic (exact) mass is 559 g/mol. The molecule has 0 unspecified atom stereocenters. The highest BCUT2D eigenvalue weighted by Gasteiger charge is 2.42. The lowest BCUT2D eigenvalue weighted by Gasteiger charge is -2.31. The molecule has 2 aliphatic rings. The van der Waals surface area contributed by atoms with E-state index in [4.69, 9.17) is 21.8 Å². The first-order valence-electron chi connectivity index (χ1n) is 12.5. The minimum absolute atomic E-state index is 0.0232. The average Bonchev–Trinajstić information content (AvgIpc) is 3.35. The van der Waals surface area contributed by atoms with Crippen LogP contribution in [0.2, 0.25) is 5.02 Å². The van der Waals surface area contributed by atoms with E-state index in [0.717, 1.165) is 28.8 Å². The van der Waals surface area contributed by atoms with Crippen LogP contribution in [0.25, 0.3) is 0 Å². The van der Waals surface area contributed by atoms with Crippen molar-refractivity contribution >= 4 is 40.8 Å². The molecule has 0 spiro atoms. The zero-order chi connectivity index (χ0) is 28.4. The van der Waals surface area contributed by atoms with Crippen molar-refractivity contribution in [1.82, 2.24) is 10.6 Å². The van der Waals surface area contributed by atoms with E-state index in [9.17, 15) is 24.0 Å². The number of benzene rings is 3. The first-order chi connectivity index (χ1) is 19.2. The van der Waals surface area contributed by atoms with E-state index in [1.807, 2.05) is 11.1 Å². The third-order valence-electron chi connectivity index (χ3n) is 6.97. The average molecular weight is 560 g/mol. The van der Waals surface area contributed by atoms with Crippen LogP contribution in [-0.4, -0.2) is 41.7 Å². The van der Waals surface area contributed by atoms with Crippen LogP contribution in [0.15, 0.2) is 65.8 Å². The number of nitrogens with zero attached hydrogens (tertiary/aromatic N) is 3. The Bertz CT molecular complexity index is 1580. The number of fused-ring (bicyclic) bond motifs is 3. The number of carbonyl (C=O) groups excluding carboxylic acids is 2. The highest BCUT2D eigenvalue weighted by atomic mass is 35.5. The van der Waals surface area contributed by atoms with Crippen molar-refractivity contribution in [3.8, 4) is 6.07 Å². The fourth-order valence-electron chi connectivity index (χ4n) is 5.11. The highest BCUT2D eigenvalue weighted by Crippen LogP contribution is 2.46. The number of carboxylic acid groups (broad SMARTS) is 1. The van der Waals surface area contributed by atoms with Crippen molar-refractivity contribution in [3.05, 3.63) is 99.3 Å². The summed E-state index contributed by atoms with van der Waals surface area (Å²) < 4.78 is 13.8. The molecule has 5 rings (SSSR count). The van der Waals surface area contributed by atoms with Gasteiger partial charge in [0, 0.05) is 17.0 Å². The van der Waals surface area contributed by atoms with Crippen molar-refractivity contribution in [2.75, 3.05) is 18.1 Å². The van der Waals surface area contributed by atoms with Crippen LogP contribution >= 0.6 is 11.6 Å². The number of hydrogen-bond donors (Lipinski definition) is 3. The van der Waals surface area contributed by atoms with Gasteiger partial charge in [0.15, 0.2) is 0 Å². The summed E-state index contributed by atoms with van der Waals surface area (Å²) in [5.74, 6) is -2.60. The molecule has 202 valence electrons. The number of rotatable bonds is 7. The Balaban J connectivity index is 1.44. The Hall–Kier alpha value is -4.75. The van der Waals surface area contributed by atoms with Crippen molar-refractivity contribution in [3.63, 3.8) is 0 Å². The molecule has 0 fully saturated rings. The maximum absolute atomic E-state index is 13.8. The number of carbonyl (C=O) groups is 3. The van der Waals surface area contributed by atoms with Gasteiger partial charge in [0.25, 0.3) is 5.91 Å². The van der Waals surface area contributed by atoms with Gasteiger partial charge < -0.3 is 15.7 Å². The maximum Gasteiger partial charge on any atom is 0.322 e. The zero-order valence-electron chi connectivity index (χ0n) is 21.0. The van der Waals surface area contributed by atoms with Crippen LogP contribution < -0.4 is 15.6 Å². The normalized spacial score (nSPS) is 17.2. The fourth-order valence-corrected chi connectivity index (χ4v) is 5.33. The highest BCUT2D eigenvalue weighted by molar-refractivity contribution is 6.32. The van der Waals surface area contributed by atoms with E-state index in [0.29, 0.717) is 28.3 Å². The molecule has 0 saturated heterocycles. The van der Waals surface area contributed by atoms with Gasteiger partial charge in [-0.15, -0.1) is 0 Å². The van der Waals surface area contributed by atoms with Crippen molar-refractivity contribution < 1.29 is 23.9 Å². The summed E-state index contributed by atoms with van der Waals surface area (Å²) in [7, 11) is 0. The van der Waals surface area contributed by atoms with Gasteiger partial charge in [0.05, 0.1) is 34.6 Å². The summed E-state index contributed by atoms with van der Waals surface area (Å²) in [6, 6.07) is 18.5. The quantitative estimate of drug-likeness (QED) is 0.403. The van der Waals surface area contributed by atoms with E-state index in [2.05, 4.69) is 16.7 Å².